The molecule has 0 unspecified atom stereocenters. The SMILES string of the molecule is CC(=O)SCCC#Cc1ccc(F)cc1N. The number of rotatable bonds is 2. The van der Waals surface area contributed by atoms with Gasteiger partial charge in [0.05, 0.1) is 5.69 Å². The maximum absolute atomic E-state index is 12.7. The summed E-state index contributed by atoms with van der Waals surface area (Å²) < 4.78 is 12.7. The number of carbonyl (C=O) groups excluding carboxylic acids is 1. The van der Waals surface area contributed by atoms with Crippen LogP contribution in [0.5, 0.6) is 0 Å². The van der Waals surface area contributed by atoms with Gasteiger partial charge in [-0.3, -0.25) is 4.79 Å². The van der Waals surface area contributed by atoms with Gasteiger partial charge in [0.1, 0.15) is 5.82 Å². The molecule has 4 heteroatoms. The van der Waals surface area contributed by atoms with Crippen molar-refractivity contribution in [1.82, 2.24) is 0 Å². The molecule has 16 heavy (non-hydrogen) atoms. The van der Waals surface area contributed by atoms with E-state index in [0.29, 0.717) is 23.4 Å². The summed E-state index contributed by atoms with van der Waals surface area (Å²) in [5.41, 5.74) is 6.54. The van der Waals surface area contributed by atoms with E-state index in [0.717, 1.165) is 0 Å². The summed E-state index contributed by atoms with van der Waals surface area (Å²) >= 11 is 1.24. The van der Waals surface area contributed by atoms with Gasteiger partial charge in [-0.05, 0) is 18.2 Å². The first-order valence-electron chi connectivity index (χ1n) is 4.77. The topological polar surface area (TPSA) is 43.1 Å². The molecule has 0 radical (unpaired) electrons. The van der Waals surface area contributed by atoms with E-state index >= 15 is 0 Å². The van der Waals surface area contributed by atoms with E-state index in [1.165, 1.54) is 30.8 Å². The Morgan fingerprint density at radius 1 is 1.56 bits per heavy atom. The van der Waals surface area contributed by atoms with Crippen molar-refractivity contribution < 1.29 is 9.18 Å². The maximum atomic E-state index is 12.7. The largest absolute Gasteiger partial charge is 0.398 e. The molecule has 0 saturated carbocycles. The molecule has 84 valence electrons. The van der Waals surface area contributed by atoms with Crippen LogP contribution in [0.25, 0.3) is 0 Å². The molecule has 0 bridgehead atoms. The van der Waals surface area contributed by atoms with E-state index < -0.39 is 0 Å². The quantitative estimate of drug-likeness (QED) is 0.488. The summed E-state index contributed by atoms with van der Waals surface area (Å²) in [4.78, 5) is 10.6. The lowest BCUT2D eigenvalue weighted by Crippen LogP contribution is -1.91. The van der Waals surface area contributed by atoms with Crippen molar-refractivity contribution in [2.45, 2.75) is 13.3 Å². The molecular formula is C12H12FNOS. The van der Waals surface area contributed by atoms with Crippen LogP contribution in [-0.2, 0) is 4.79 Å². The van der Waals surface area contributed by atoms with Crippen LogP contribution >= 0.6 is 11.8 Å². The van der Waals surface area contributed by atoms with E-state index in [2.05, 4.69) is 11.8 Å². The number of thioether (sulfide) groups is 1. The van der Waals surface area contributed by atoms with Gasteiger partial charge in [-0.25, -0.2) is 4.39 Å². The van der Waals surface area contributed by atoms with Crippen LogP contribution in [0.4, 0.5) is 10.1 Å². The van der Waals surface area contributed by atoms with Crippen LogP contribution in [0.15, 0.2) is 18.2 Å². The van der Waals surface area contributed by atoms with Crippen molar-refractivity contribution in [3.63, 3.8) is 0 Å². The monoisotopic (exact) mass is 237 g/mol. The zero-order chi connectivity index (χ0) is 12.0. The Hall–Kier alpha value is -1.47. The van der Waals surface area contributed by atoms with Gasteiger partial charge in [0.15, 0.2) is 5.12 Å². The number of benzene rings is 1. The van der Waals surface area contributed by atoms with E-state index in [1.54, 1.807) is 6.07 Å². The minimum atomic E-state index is -0.366. The smallest absolute Gasteiger partial charge is 0.185 e. The van der Waals surface area contributed by atoms with Crippen molar-refractivity contribution >= 4 is 22.6 Å². The highest BCUT2D eigenvalue weighted by atomic mass is 32.2. The molecule has 1 aromatic rings. The van der Waals surface area contributed by atoms with E-state index in [4.69, 9.17) is 5.73 Å². The zero-order valence-electron chi connectivity index (χ0n) is 8.92. The summed E-state index contributed by atoms with van der Waals surface area (Å²) in [5.74, 6) is 6.04. The summed E-state index contributed by atoms with van der Waals surface area (Å²) in [7, 11) is 0. The van der Waals surface area contributed by atoms with Crippen molar-refractivity contribution in [2.75, 3.05) is 11.5 Å². The first-order valence-corrected chi connectivity index (χ1v) is 5.75. The first-order chi connectivity index (χ1) is 7.59. The predicted octanol–water partition coefficient (Wildman–Crippen LogP) is 2.43. The van der Waals surface area contributed by atoms with E-state index in [-0.39, 0.29) is 10.9 Å². The molecule has 0 aliphatic heterocycles. The number of nitrogens with two attached hydrogens (primary N) is 1. The molecular weight excluding hydrogens is 225 g/mol. The number of hydrogen-bond acceptors (Lipinski definition) is 3. The highest BCUT2D eigenvalue weighted by Gasteiger charge is 1.96. The fourth-order valence-electron chi connectivity index (χ4n) is 1.05. The second-order valence-corrected chi connectivity index (χ2v) is 4.40. The first kappa shape index (κ1) is 12.6. The van der Waals surface area contributed by atoms with Crippen LogP contribution < -0.4 is 5.73 Å². The zero-order valence-corrected chi connectivity index (χ0v) is 9.73. The summed E-state index contributed by atoms with van der Waals surface area (Å²) in [6.45, 7) is 1.52. The summed E-state index contributed by atoms with van der Waals surface area (Å²) in [5, 5.41) is 0.0862. The highest BCUT2D eigenvalue weighted by Crippen LogP contribution is 2.11. The second-order valence-electron chi connectivity index (χ2n) is 3.12. The predicted molar refractivity (Wildman–Crippen MR) is 65.4 cm³/mol. The molecule has 2 N–H and O–H groups in total. The van der Waals surface area contributed by atoms with Gasteiger partial charge in [0.2, 0.25) is 0 Å². The molecule has 0 aliphatic carbocycles. The average Bonchev–Trinajstić information content (AvgIpc) is 2.20. The Balaban J connectivity index is 2.53. The summed E-state index contributed by atoms with van der Waals surface area (Å²) in [6, 6.07) is 4.12. The van der Waals surface area contributed by atoms with Gasteiger partial charge in [-0.15, -0.1) is 0 Å². The summed E-state index contributed by atoms with van der Waals surface area (Å²) in [6.07, 6.45) is 0.612. The van der Waals surface area contributed by atoms with Crippen LogP contribution in [-0.4, -0.2) is 10.9 Å². The van der Waals surface area contributed by atoms with Crippen LogP contribution in [0.1, 0.15) is 18.9 Å². The molecule has 1 aromatic carbocycles. The van der Waals surface area contributed by atoms with Gasteiger partial charge in [0, 0.05) is 24.7 Å². The molecule has 1 rings (SSSR count). The molecule has 0 amide bonds. The Morgan fingerprint density at radius 2 is 2.31 bits per heavy atom. The van der Waals surface area contributed by atoms with Crippen molar-refractivity contribution in [1.29, 1.82) is 0 Å². The molecule has 2 nitrogen and oxygen atoms in total. The molecule has 0 aromatic heterocycles. The van der Waals surface area contributed by atoms with Gasteiger partial charge in [0.25, 0.3) is 0 Å². The lowest BCUT2D eigenvalue weighted by molar-refractivity contribution is -0.109. The molecule has 0 spiro atoms. The number of hydrogen-bond donors (Lipinski definition) is 1. The van der Waals surface area contributed by atoms with Crippen molar-refractivity contribution in [3.8, 4) is 11.8 Å². The minimum Gasteiger partial charge on any atom is -0.398 e. The van der Waals surface area contributed by atoms with Crippen LogP contribution in [0.3, 0.4) is 0 Å². The average molecular weight is 237 g/mol. The third-order valence-electron chi connectivity index (χ3n) is 1.77. The lowest BCUT2D eigenvalue weighted by atomic mass is 10.2. The fourth-order valence-corrected chi connectivity index (χ4v) is 1.54. The third-order valence-corrected chi connectivity index (χ3v) is 2.58. The normalized spacial score (nSPS) is 9.38. The van der Waals surface area contributed by atoms with E-state index in [9.17, 15) is 9.18 Å². The maximum Gasteiger partial charge on any atom is 0.185 e. The van der Waals surface area contributed by atoms with Crippen molar-refractivity contribution in [2.24, 2.45) is 0 Å². The third kappa shape index (κ3) is 4.37. The molecule has 0 heterocycles. The van der Waals surface area contributed by atoms with Gasteiger partial charge >= 0.3 is 0 Å². The Labute approximate surface area is 98.4 Å². The van der Waals surface area contributed by atoms with Crippen molar-refractivity contribution in [3.05, 3.63) is 29.6 Å². The number of anilines is 1. The van der Waals surface area contributed by atoms with Crippen LogP contribution in [0.2, 0.25) is 0 Å². The molecule has 0 aliphatic rings. The number of halogens is 1. The lowest BCUT2D eigenvalue weighted by Gasteiger charge is -1.96. The molecule has 0 fully saturated rings. The number of nitrogen functional groups attached to an aromatic ring is 1. The standard InChI is InChI=1S/C12H12FNOS/c1-9(15)16-7-3-2-4-10-5-6-11(13)8-12(10)14/h5-6,8H,3,7,14H2,1H3. The second kappa shape index (κ2) is 6.19. The Morgan fingerprint density at radius 3 is 2.94 bits per heavy atom. The fraction of sp³-hybridized carbons (Fsp3) is 0.250. The minimum absolute atomic E-state index is 0.0862. The van der Waals surface area contributed by atoms with Gasteiger partial charge in [-0.2, -0.15) is 0 Å². The molecule has 0 saturated heterocycles. The highest BCUT2D eigenvalue weighted by molar-refractivity contribution is 8.13. The Bertz CT molecular complexity index is 448. The van der Waals surface area contributed by atoms with Crippen LogP contribution in [0, 0.1) is 17.7 Å². The van der Waals surface area contributed by atoms with Gasteiger partial charge in [-0.1, -0.05) is 23.6 Å². The molecule has 0 atom stereocenters. The van der Waals surface area contributed by atoms with E-state index in [1.807, 2.05) is 0 Å². The van der Waals surface area contributed by atoms with Gasteiger partial charge < -0.3 is 5.73 Å². The number of carbonyl (C=O) groups is 1. The Kier molecular flexibility index (Phi) is 4.87.